The zero-order chi connectivity index (χ0) is 20.9. The van der Waals surface area contributed by atoms with Gasteiger partial charge in [-0.15, -0.1) is 0 Å². The molecule has 5 atom stereocenters. The molecule has 6 nitrogen and oxygen atoms in total. The van der Waals surface area contributed by atoms with E-state index in [2.05, 4.69) is 22.8 Å². The van der Waals surface area contributed by atoms with Crippen LogP contribution in [0.25, 0.3) is 0 Å². The average molecular weight is 413 g/mol. The predicted octanol–water partition coefficient (Wildman–Crippen LogP) is 2.28. The largest absolute Gasteiger partial charge is 0.497 e. The molecule has 0 radical (unpaired) electrons. The van der Waals surface area contributed by atoms with Crippen molar-refractivity contribution < 1.29 is 19.3 Å². The molecule has 30 heavy (non-hydrogen) atoms. The van der Waals surface area contributed by atoms with E-state index in [0.717, 1.165) is 43.1 Å². The van der Waals surface area contributed by atoms with Gasteiger partial charge in [0.15, 0.2) is 0 Å². The second-order valence-corrected chi connectivity index (χ2v) is 8.11. The van der Waals surface area contributed by atoms with Crippen LogP contribution in [0.2, 0.25) is 0 Å². The Hall–Kier alpha value is -2.12. The topological polar surface area (TPSA) is 72.0 Å². The lowest BCUT2D eigenvalue weighted by atomic mass is 9.84. The first kappa shape index (κ1) is 21.1. The minimum atomic E-state index is -0.492. The number of β-amino-alcohol motifs (C(OH)–C–C–N with tert-alkyl or cyclic N) is 1. The Morgan fingerprint density at radius 3 is 2.00 bits per heavy atom. The number of ether oxygens (including phenoxy) is 3. The fourth-order valence-corrected chi connectivity index (χ4v) is 4.70. The summed E-state index contributed by atoms with van der Waals surface area (Å²) in [5.41, 5.74) is 2.35. The summed E-state index contributed by atoms with van der Waals surface area (Å²) in [5.74, 6) is 1.92. The van der Waals surface area contributed by atoms with E-state index < -0.39 is 6.10 Å². The maximum atomic E-state index is 10.8. The van der Waals surface area contributed by atoms with E-state index in [9.17, 15) is 5.11 Å². The van der Waals surface area contributed by atoms with Crippen LogP contribution in [0.1, 0.15) is 29.4 Å². The molecule has 6 heteroatoms. The molecule has 2 aromatic carbocycles. The molecule has 162 valence electrons. The Morgan fingerprint density at radius 2 is 1.37 bits per heavy atom. The van der Waals surface area contributed by atoms with Crippen LogP contribution in [0.4, 0.5) is 0 Å². The molecule has 2 saturated heterocycles. The molecule has 0 bridgehead atoms. The number of piperidine rings is 2. The summed E-state index contributed by atoms with van der Waals surface area (Å²) in [6, 6.07) is 16.3. The molecule has 0 amide bonds. The summed E-state index contributed by atoms with van der Waals surface area (Å²) in [4.78, 5) is 0. The Balaban J connectivity index is 1.53. The molecule has 1 unspecified atom stereocenters. The zero-order valence-corrected chi connectivity index (χ0v) is 17.7. The van der Waals surface area contributed by atoms with Crippen molar-refractivity contribution in [3.63, 3.8) is 0 Å². The number of benzene rings is 2. The van der Waals surface area contributed by atoms with Crippen LogP contribution in [-0.2, 0) is 4.74 Å². The Bertz CT molecular complexity index is 796. The highest BCUT2D eigenvalue weighted by atomic mass is 16.5. The number of hydrogen-bond acceptors (Lipinski definition) is 6. The van der Waals surface area contributed by atoms with Crippen LogP contribution < -0.4 is 20.1 Å². The van der Waals surface area contributed by atoms with Gasteiger partial charge in [0.05, 0.1) is 32.5 Å². The highest BCUT2D eigenvalue weighted by Crippen LogP contribution is 2.34. The van der Waals surface area contributed by atoms with Crippen LogP contribution in [0.3, 0.4) is 0 Å². The maximum absolute atomic E-state index is 10.8. The number of rotatable bonds is 6. The second kappa shape index (κ2) is 9.79. The van der Waals surface area contributed by atoms with Gasteiger partial charge in [0, 0.05) is 31.5 Å². The molecule has 0 aliphatic carbocycles. The summed E-state index contributed by atoms with van der Waals surface area (Å²) in [7, 11) is 3.35. The average Bonchev–Trinajstić information content (AvgIpc) is 2.80. The smallest absolute Gasteiger partial charge is 0.118 e. The molecule has 2 fully saturated rings. The molecule has 0 saturated carbocycles. The molecule has 2 aliphatic heterocycles. The van der Waals surface area contributed by atoms with Gasteiger partial charge in [0.1, 0.15) is 11.5 Å². The van der Waals surface area contributed by atoms with Gasteiger partial charge in [-0.3, -0.25) is 0 Å². The molecule has 2 heterocycles. The van der Waals surface area contributed by atoms with E-state index in [1.165, 1.54) is 5.56 Å². The summed E-state index contributed by atoms with van der Waals surface area (Å²) in [5, 5.41) is 17.6. The summed E-state index contributed by atoms with van der Waals surface area (Å²) >= 11 is 0. The normalized spacial score (nSPS) is 29.4. The van der Waals surface area contributed by atoms with E-state index in [-0.39, 0.29) is 18.1 Å². The highest BCUT2D eigenvalue weighted by Gasteiger charge is 2.38. The lowest BCUT2D eigenvalue weighted by molar-refractivity contribution is -0.0775. The monoisotopic (exact) mass is 412 g/mol. The van der Waals surface area contributed by atoms with Gasteiger partial charge in [0.2, 0.25) is 0 Å². The molecule has 2 aliphatic rings. The van der Waals surface area contributed by atoms with Gasteiger partial charge in [-0.2, -0.15) is 0 Å². The zero-order valence-electron chi connectivity index (χ0n) is 17.7. The van der Waals surface area contributed by atoms with Crippen LogP contribution in [0.15, 0.2) is 48.5 Å². The van der Waals surface area contributed by atoms with E-state index >= 15 is 0 Å². The number of hydrogen-bond donors (Lipinski definition) is 3. The number of methoxy groups -OCH3 is 2. The fourth-order valence-electron chi connectivity index (χ4n) is 4.70. The van der Waals surface area contributed by atoms with Gasteiger partial charge < -0.3 is 30.0 Å². The first-order valence-electron chi connectivity index (χ1n) is 10.7. The molecule has 2 aromatic rings. The van der Waals surface area contributed by atoms with E-state index in [1.807, 2.05) is 36.4 Å². The molecular formula is C24H32N2O4. The van der Waals surface area contributed by atoms with Gasteiger partial charge >= 0.3 is 0 Å². The lowest BCUT2D eigenvalue weighted by Crippen LogP contribution is -2.53. The van der Waals surface area contributed by atoms with Crippen LogP contribution >= 0.6 is 0 Å². The predicted molar refractivity (Wildman–Crippen MR) is 116 cm³/mol. The highest BCUT2D eigenvalue weighted by molar-refractivity contribution is 5.32. The summed E-state index contributed by atoms with van der Waals surface area (Å²) in [6.45, 7) is 3.07. The molecule has 3 N–H and O–H groups in total. The standard InChI is InChI=1S/C24H32N2O4/c1-28-18-7-3-16(4-8-18)20-11-12-25-14-22(20)30-23-15-26-13-21(27)24(23)17-5-9-19(29-2)10-6-17/h3-10,20-27H,11-15H2,1-2H3/t20-,21-,22+,23?,24+/m0/s1. The van der Waals surface area contributed by atoms with Gasteiger partial charge in [-0.1, -0.05) is 24.3 Å². The lowest BCUT2D eigenvalue weighted by Gasteiger charge is -2.41. The van der Waals surface area contributed by atoms with Crippen molar-refractivity contribution >= 4 is 0 Å². The number of aliphatic hydroxyl groups is 1. The van der Waals surface area contributed by atoms with Crippen molar-refractivity contribution in [2.45, 2.75) is 36.6 Å². The summed E-state index contributed by atoms with van der Waals surface area (Å²) < 4.78 is 17.3. The van der Waals surface area contributed by atoms with Crippen molar-refractivity contribution in [2.75, 3.05) is 40.4 Å². The van der Waals surface area contributed by atoms with Gasteiger partial charge in [-0.05, 0) is 48.4 Å². The van der Waals surface area contributed by atoms with Crippen molar-refractivity contribution in [2.24, 2.45) is 0 Å². The molecule has 0 aromatic heterocycles. The minimum Gasteiger partial charge on any atom is -0.497 e. The van der Waals surface area contributed by atoms with Gasteiger partial charge in [0.25, 0.3) is 0 Å². The van der Waals surface area contributed by atoms with E-state index in [0.29, 0.717) is 12.5 Å². The van der Waals surface area contributed by atoms with Crippen LogP contribution in [-0.4, -0.2) is 63.8 Å². The summed E-state index contributed by atoms with van der Waals surface area (Å²) in [6.07, 6.45) is 0.471. The quantitative estimate of drug-likeness (QED) is 0.676. The number of aliphatic hydroxyl groups excluding tert-OH is 1. The first-order valence-corrected chi connectivity index (χ1v) is 10.7. The minimum absolute atomic E-state index is 0.0463. The van der Waals surface area contributed by atoms with Crippen LogP contribution in [0, 0.1) is 0 Å². The van der Waals surface area contributed by atoms with Gasteiger partial charge in [-0.25, -0.2) is 0 Å². The van der Waals surface area contributed by atoms with E-state index in [1.54, 1.807) is 14.2 Å². The van der Waals surface area contributed by atoms with E-state index in [4.69, 9.17) is 14.2 Å². The van der Waals surface area contributed by atoms with Crippen molar-refractivity contribution in [1.29, 1.82) is 0 Å². The number of nitrogens with one attached hydrogen (secondary N) is 2. The Labute approximate surface area is 178 Å². The molecule has 4 rings (SSSR count). The van der Waals surface area contributed by atoms with Crippen molar-refractivity contribution in [3.05, 3.63) is 59.7 Å². The first-order chi connectivity index (χ1) is 14.7. The Kier molecular flexibility index (Phi) is 6.89. The molecule has 0 spiro atoms. The second-order valence-electron chi connectivity index (χ2n) is 8.11. The van der Waals surface area contributed by atoms with Crippen molar-refractivity contribution in [3.8, 4) is 11.5 Å². The fraction of sp³-hybridized carbons (Fsp3) is 0.500. The van der Waals surface area contributed by atoms with Crippen molar-refractivity contribution in [1.82, 2.24) is 10.6 Å². The maximum Gasteiger partial charge on any atom is 0.118 e. The SMILES string of the molecule is COc1ccc([C@@H]2CCNC[C@H]2OC2CNC[C@H](O)[C@H]2c2ccc(OC)cc2)cc1. The third-order valence-electron chi connectivity index (χ3n) is 6.33. The van der Waals surface area contributed by atoms with Crippen LogP contribution in [0.5, 0.6) is 11.5 Å². The Morgan fingerprint density at radius 1 is 0.767 bits per heavy atom. The third-order valence-corrected chi connectivity index (χ3v) is 6.33. The third kappa shape index (κ3) is 4.62. The molecular weight excluding hydrogens is 380 g/mol.